The van der Waals surface area contributed by atoms with Crippen molar-refractivity contribution < 1.29 is 19.8 Å². The Morgan fingerprint density at radius 3 is 0.706 bits per heavy atom. The summed E-state index contributed by atoms with van der Waals surface area (Å²) in [5.41, 5.74) is 9.38. The highest BCUT2D eigenvalue weighted by atomic mass is 16.3. The maximum Gasteiger partial charge on any atom is 0.186 e. The molecule has 0 saturated heterocycles. The Hall–Kier alpha value is -5.32. The zero-order valence-electron chi connectivity index (χ0n) is 46.3. The highest BCUT2D eigenvalue weighted by Crippen LogP contribution is 2.51. The summed E-state index contributed by atoms with van der Waals surface area (Å²) < 4.78 is 0. The fourth-order valence-electron chi connectivity index (χ4n) is 9.01. The van der Waals surface area contributed by atoms with E-state index < -0.39 is 21.7 Å². The number of allylic oxidation sites excluding steroid dienone is 14. The van der Waals surface area contributed by atoms with E-state index >= 15 is 0 Å². The second-order valence-electron chi connectivity index (χ2n) is 27.6. The molecule has 5 rings (SSSR count). The predicted octanol–water partition coefficient (Wildman–Crippen LogP) is 15.6. The highest BCUT2D eigenvalue weighted by molar-refractivity contribution is 6.13. The van der Waals surface area contributed by atoms with Gasteiger partial charge in [0.2, 0.25) is 0 Å². The fourth-order valence-corrected chi connectivity index (χ4v) is 9.01. The van der Waals surface area contributed by atoms with Gasteiger partial charge < -0.3 is 10.2 Å². The molecule has 4 heteroatoms. The predicted molar refractivity (Wildman–Crippen MR) is 286 cm³/mol. The van der Waals surface area contributed by atoms with Crippen molar-refractivity contribution in [1.82, 2.24) is 0 Å². The second-order valence-corrected chi connectivity index (χ2v) is 27.6. The van der Waals surface area contributed by atoms with E-state index in [9.17, 15) is 19.8 Å². The number of phenolic OH excluding ortho intramolecular Hbond substituents is 2. The third-order valence-corrected chi connectivity index (χ3v) is 13.1. The summed E-state index contributed by atoms with van der Waals surface area (Å²) in [6.07, 6.45) is 8.21. The van der Waals surface area contributed by atoms with Crippen LogP contribution in [0, 0.1) is 45.3 Å². The minimum absolute atomic E-state index is 0.0396. The van der Waals surface area contributed by atoms with Gasteiger partial charge in [-0.15, -0.1) is 0 Å². The summed E-state index contributed by atoms with van der Waals surface area (Å²) in [7, 11) is 0. The summed E-state index contributed by atoms with van der Waals surface area (Å²) in [4.78, 5) is 29.0. The largest absolute Gasteiger partial charge is 0.507 e. The van der Waals surface area contributed by atoms with Gasteiger partial charge in [-0.05, 0) is 103 Å². The first-order chi connectivity index (χ1) is 30.5. The van der Waals surface area contributed by atoms with Crippen LogP contribution in [-0.2, 0) is 31.2 Å². The van der Waals surface area contributed by atoms with Crippen molar-refractivity contribution in [2.24, 2.45) is 21.7 Å². The molecule has 2 N–H and O–H groups in total. The van der Waals surface area contributed by atoms with Gasteiger partial charge in [-0.2, -0.15) is 0 Å². The number of aromatic hydroxyl groups is 2. The van der Waals surface area contributed by atoms with Gasteiger partial charge in [0.15, 0.2) is 11.6 Å². The molecule has 4 nitrogen and oxygen atoms in total. The zero-order valence-corrected chi connectivity index (χ0v) is 46.3. The molecule has 2 aromatic rings. The van der Waals surface area contributed by atoms with Crippen LogP contribution in [0.5, 0.6) is 11.5 Å². The molecule has 362 valence electrons. The Morgan fingerprint density at radius 2 is 0.529 bits per heavy atom. The van der Waals surface area contributed by atoms with Crippen LogP contribution in [0.1, 0.15) is 200 Å². The van der Waals surface area contributed by atoms with Gasteiger partial charge in [-0.3, -0.25) is 9.59 Å². The fraction of sp³-hybridized carbons (Fsp3) is 0.500. The third kappa shape index (κ3) is 10.9. The normalized spacial score (nSPS) is 16.9. The van der Waals surface area contributed by atoms with Crippen molar-refractivity contribution in [2.75, 3.05) is 0 Å². The van der Waals surface area contributed by atoms with Gasteiger partial charge in [-0.1, -0.05) is 190 Å². The lowest BCUT2D eigenvalue weighted by atomic mass is 9.66. The number of hydrogen-bond acceptors (Lipinski definition) is 4. The summed E-state index contributed by atoms with van der Waals surface area (Å²) in [5.74, 6) is 15.2. The Labute approximate surface area is 412 Å². The van der Waals surface area contributed by atoms with Gasteiger partial charge in [0, 0.05) is 78.0 Å². The van der Waals surface area contributed by atoms with E-state index in [1.54, 1.807) is 0 Å². The maximum atomic E-state index is 14.5. The van der Waals surface area contributed by atoms with Crippen LogP contribution in [0.2, 0.25) is 0 Å². The Bertz CT molecular complexity index is 2510. The maximum absolute atomic E-state index is 14.5. The first kappa shape index (κ1) is 53.6. The topological polar surface area (TPSA) is 74.6 Å². The number of hydrogen-bond donors (Lipinski definition) is 2. The molecule has 0 bridgehead atoms. The van der Waals surface area contributed by atoms with Crippen molar-refractivity contribution >= 4 is 11.6 Å². The van der Waals surface area contributed by atoms with Gasteiger partial charge in [0.05, 0.1) is 0 Å². The molecule has 0 fully saturated rings. The lowest BCUT2D eigenvalue weighted by Gasteiger charge is -2.36. The van der Waals surface area contributed by atoms with E-state index in [1.807, 2.05) is 24.3 Å². The van der Waals surface area contributed by atoms with Crippen LogP contribution >= 0.6 is 0 Å². The summed E-state index contributed by atoms with van der Waals surface area (Å²) in [5, 5.41) is 23.4. The van der Waals surface area contributed by atoms with Gasteiger partial charge in [0.25, 0.3) is 0 Å². The Morgan fingerprint density at radius 1 is 0.324 bits per heavy atom. The molecule has 68 heavy (non-hydrogen) atoms. The summed E-state index contributed by atoms with van der Waals surface area (Å²) in [6, 6.07) is 8.02. The molecule has 3 aliphatic rings. The number of rotatable bonds is 0. The third-order valence-electron chi connectivity index (χ3n) is 13.1. The van der Waals surface area contributed by atoms with Gasteiger partial charge >= 0.3 is 0 Å². The number of phenols is 2. The molecular weight excluding hydrogens is 833 g/mol. The average Bonchev–Trinajstić information content (AvgIpc) is 3.12. The van der Waals surface area contributed by atoms with Crippen molar-refractivity contribution in [1.29, 1.82) is 0 Å². The molecule has 0 radical (unpaired) electrons. The molecule has 0 aromatic heterocycles. The molecule has 3 aliphatic carbocycles. The number of Topliss-reactive ketones (excluding diaryl/α,β-unsaturated/α-hetero) is 2. The van der Waals surface area contributed by atoms with Crippen LogP contribution in [0.15, 0.2) is 104 Å². The number of benzene rings is 2. The minimum atomic E-state index is -0.466. The summed E-state index contributed by atoms with van der Waals surface area (Å²) in [6.45, 7) is 50.2. The second kappa shape index (κ2) is 17.3. The molecule has 0 saturated carbocycles. The van der Waals surface area contributed by atoms with E-state index in [2.05, 4.69) is 214 Å². The van der Waals surface area contributed by atoms with Crippen LogP contribution in [0.25, 0.3) is 0 Å². The standard InChI is InChI=1S/C64H82O4/c1-57(2,3)43-29-37(30-44(53(43)65)58(4,5)6)25-27-41-42(28-26-38-31-45(59(7,8)9)54(66)46(32-38)60(10,11)12)52(40-35-49(63(19,20)21)56(68)50(36-40)64(22,23)24)51(41)39-33-47(61(13,14)15)55(67)48(34-39)62(16,17)18/h29-36,65-66H,1-24H3. The molecule has 0 amide bonds. The van der Waals surface area contributed by atoms with E-state index in [1.165, 1.54) is 0 Å². The van der Waals surface area contributed by atoms with Gasteiger partial charge in [0.1, 0.15) is 11.5 Å². The molecule has 2 aromatic carbocycles. The van der Waals surface area contributed by atoms with Crippen molar-refractivity contribution in [2.45, 2.75) is 188 Å². The average molecular weight is 915 g/mol. The molecule has 0 unspecified atom stereocenters. The van der Waals surface area contributed by atoms with Crippen molar-refractivity contribution in [3.8, 4) is 35.2 Å². The van der Waals surface area contributed by atoms with E-state index in [-0.39, 0.29) is 33.2 Å². The zero-order chi connectivity index (χ0) is 52.0. The van der Waals surface area contributed by atoms with Crippen molar-refractivity contribution in [3.05, 3.63) is 138 Å². The smallest absolute Gasteiger partial charge is 0.186 e. The van der Waals surface area contributed by atoms with E-state index in [0.717, 1.165) is 89.1 Å². The SMILES string of the molecule is CC(C)(C)C1=CC(=C2C(C#Cc3cc(C(C)(C)C)c(O)c(C(C)(C)C)c3)=C(C#Cc3cc(C(C)(C)C)c(O)c(C(C)(C)C)c3)C2=C2C=C(C(C)(C)C)C(=O)C(C(C)(C)C)=C2)C=C(C(C)(C)C)C1=O. The first-order valence-electron chi connectivity index (χ1n) is 24.5. The lowest BCUT2D eigenvalue weighted by Crippen LogP contribution is -2.29. The van der Waals surface area contributed by atoms with Gasteiger partial charge in [-0.25, -0.2) is 0 Å². The van der Waals surface area contributed by atoms with Crippen LogP contribution in [-0.4, -0.2) is 21.8 Å². The first-order valence-corrected chi connectivity index (χ1v) is 24.5. The minimum Gasteiger partial charge on any atom is -0.507 e. The quantitative estimate of drug-likeness (QED) is 0.258. The van der Waals surface area contributed by atoms with Crippen LogP contribution < -0.4 is 0 Å². The Balaban J connectivity index is 2.12. The molecule has 0 heterocycles. The number of carbonyl (C=O) groups is 2. The Kier molecular flexibility index (Phi) is 13.6. The monoisotopic (exact) mass is 915 g/mol. The molecule has 0 aliphatic heterocycles. The molecule has 0 atom stereocenters. The summed E-state index contributed by atoms with van der Waals surface area (Å²) >= 11 is 0. The molecule has 0 spiro atoms. The number of carbonyl (C=O) groups excluding carboxylic acids is 2. The lowest BCUT2D eigenvalue weighted by molar-refractivity contribution is -0.114. The molecular formula is C64H82O4. The highest BCUT2D eigenvalue weighted by Gasteiger charge is 2.41. The van der Waals surface area contributed by atoms with Crippen molar-refractivity contribution in [3.63, 3.8) is 0 Å². The van der Waals surface area contributed by atoms with E-state index in [0.29, 0.717) is 11.5 Å². The van der Waals surface area contributed by atoms with E-state index in [4.69, 9.17) is 0 Å². The van der Waals surface area contributed by atoms with Crippen LogP contribution in [0.4, 0.5) is 0 Å². The number of ketones is 2. The van der Waals surface area contributed by atoms with Crippen LogP contribution in [0.3, 0.4) is 0 Å².